The number of ether oxygens (including phenoxy) is 2. The number of hydrogen-bond donors (Lipinski definition) is 2. The smallest absolute Gasteiger partial charge is 0.221 e. The number of carbonyl (C=O) groups excluding carboxylic acids is 1. The number of benzene rings is 2. The molecule has 0 radical (unpaired) electrons. The molecule has 0 atom stereocenters. The molecule has 2 rings (SSSR count). The third-order valence-electron chi connectivity index (χ3n) is 3.96. The summed E-state index contributed by atoms with van der Waals surface area (Å²) in [6.07, 6.45) is 1.09. The summed E-state index contributed by atoms with van der Waals surface area (Å²) in [4.78, 5) is 11.8. The molecule has 0 bridgehead atoms. The molecular weight excluding hydrogens is 335 g/mol. The second-order valence-corrected chi connectivity index (χ2v) is 5.84. The quantitative estimate of drug-likeness (QED) is 0.640. The van der Waals surface area contributed by atoms with Gasteiger partial charge in [0, 0.05) is 26.1 Å². The lowest BCUT2D eigenvalue weighted by atomic mass is 10.1. The highest BCUT2D eigenvalue weighted by molar-refractivity contribution is 5.76. The molecule has 0 aromatic heterocycles. The molecule has 2 N–H and O–H groups in total. The van der Waals surface area contributed by atoms with E-state index in [1.54, 1.807) is 26.4 Å². The SMILES string of the molecule is COc1ccc(CNCCC(=O)NCCc2ccc(F)cc2)cc1OC. The molecule has 0 spiro atoms. The van der Waals surface area contributed by atoms with Gasteiger partial charge in [0.05, 0.1) is 14.2 Å². The maximum absolute atomic E-state index is 12.8. The monoisotopic (exact) mass is 360 g/mol. The summed E-state index contributed by atoms with van der Waals surface area (Å²) in [7, 11) is 3.20. The van der Waals surface area contributed by atoms with Gasteiger partial charge in [-0.25, -0.2) is 4.39 Å². The normalized spacial score (nSPS) is 10.4. The number of halogens is 1. The number of amides is 1. The summed E-state index contributed by atoms with van der Waals surface area (Å²) < 4.78 is 23.3. The molecule has 0 fully saturated rings. The number of methoxy groups -OCH3 is 2. The number of nitrogens with one attached hydrogen (secondary N) is 2. The van der Waals surface area contributed by atoms with Crippen molar-refractivity contribution in [2.45, 2.75) is 19.4 Å². The summed E-state index contributed by atoms with van der Waals surface area (Å²) in [5.41, 5.74) is 2.05. The first-order valence-electron chi connectivity index (χ1n) is 8.55. The Labute approximate surface area is 153 Å². The highest BCUT2D eigenvalue weighted by Crippen LogP contribution is 2.27. The van der Waals surface area contributed by atoms with Gasteiger partial charge >= 0.3 is 0 Å². The Morgan fingerprint density at radius 3 is 2.35 bits per heavy atom. The van der Waals surface area contributed by atoms with Gasteiger partial charge in [-0.15, -0.1) is 0 Å². The van der Waals surface area contributed by atoms with Crippen molar-refractivity contribution in [3.63, 3.8) is 0 Å². The second kappa shape index (κ2) is 10.4. The van der Waals surface area contributed by atoms with Crippen LogP contribution < -0.4 is 20.1 Å². The molecule has 2 aromatic carbocycles. The van der Waals surface area contributed by atoms with E-state index in [9.17, 15) is 9.18 Å². The summed E-state index contributed by atoms with van der Waals surface area (Å²) in [6, 6.07) is 12.0. The Bertz CT molecular complexity index is 705. The highest BCUT2D eigenvalue weighted by atomic mass is 19.1. The molecule has 0 aliphatic carbocycles. The van der Waals surface area contributed by atoms with Gasteiger partial charge in [0.15, 0.2) is 11.5 Å². The molecule has 6 heteroatoms. The first kappa shape index (κ1) is 19.7. The van der Waals surface area contributed by atoms with Gasteiger partial charge in [-0.05, 0) is 41.8 Å². The number of carbonyl (C=O) groups is 1. The zero-order chi connectivity index (χ0) is 18.8. The van der Waals surface area contributed by atoms with Crippen LogP contribution in [-0.2, 0) is 17.8 Å². The minimum Gasteiger partial charge on any atom is -0.493 e. The number of hydrogen-bond acceptors (Lipinski definition) is 4. The molecule has 5 nitrogen and oxygen atoms in total. The topological polar surface area (TPSA) is 59.6 Å². The van der Waals surface area contributed by atoms with E-state index in [1.807, 2.05) is 18.2 Å². The van der Waals surface area contributed by atoms with Crippen molar-refractivity contribution >= 4 is 5.91 Å². The fourth-order valence-electron chi connectivity index (χ4n) is 2.51. The molecule has 26 heavy (non-hydrogen) atoms. The predicted molar refractivity (Wildman–Crippen MR) is 99.0 cm³/mol. The average Bonchev–Trinajstić information content (AvgIpc) is 2.66. The van der Waals surface area contributed by atoms with Crippen molar-refractivity contribution in [3.05, 3.63) is 59.4 Å². The van der Waals surface area contributed by atoms with Gasteiger partial charge in [0.25, 0.3) is 0 Å². The Morgan fingerprint density at radius 2 is 1.65 bits per heavy atom. The van der Waals surface area contributed by atoms with Gasteiger partial charge in [0.2, 0.25) is 5.91 Å². The van der Waals surface area contributed by atoms with E-state index in [0.717, 1.165) is 11.1 Å². The predicted octanol–water partition coefficient (Wildman–Crippen LogP) is 2.68. The van der Waals surface area contributed by atoms with Crippen LogP contribution in [0.2, 0.25) is 0 Å². The maximum atomic E-state index is 12.8. The van der Waals surface area contributed by atoms with Gasteiger partial charge in [-0.2, -0.15) is 0 Å². The van der Waals surface area contributed by atoms with Crippen LogP contribution >= 0.6 is 0 Å². The molecule has 0 aliphatic heterocycles. The van der Waals surface area contributed by atoms with Gasteiger partial charge in [-0.1, -0.05) is 18.2 Å². The van der Waals surface area contributed by atoms with E-state index in [0.29, 0.717) is 44.0 Å². The highest BCUT2D eigenvalue weighted by Gasteiger charge is 2.05. The Balaban J connectivity index is 1.63. The third kappa shape index (κ3) is 6.37. The van der Waals surface area contributed by atoms with Crippen molar-refractivity contribution < 1.29 is 18.7 Å². The Morgan fingerprint density at radius 1 is 0.962 bits per heavy atom. The molecule has 0 saturated heterocycles. The summed E-state index contributed by atoms with van der Waals surface area (Å²) >= 11 is 0. The summed E-state index contributed by atoms with van der Waals surface area (Å²) in [5.74, 6) is 1.12. The van der Waals surface area contributed by atoms with E-state index >= 15 is 0 Å². The molecule has 0 heterocycles. The van der Waals surface area contributed by atoms with Gasteiger partial charge in [-0.3, -0.25) is 4.79 Å². The zero-order valence-electron chi connectivity index (χ0n) is 15.2. The van der Waals surface area contributed by atoms with Gasteiger partial charge < -0.3 is 20.1 Å². The fraction of sp³-hybridized carbons (Fsp3) is 0.350. The minimum atomic E-state index is -0.252. The molecule has 0 aliphatic rings. The van der Waals surface area contributed by atoms with Crippen molar-refractivity contribution in [2.24, 2.45) is 0 Å². The lowest BCUT2D eigenvalue weighted by molar-refractivity contribution is -0.120. The van der Waals surface area contributed by atoms with Crippen LogP contribution in [0.4, 0.5) is 4.39 Å². The molecule has 0 saturated carbocycles. The van der Waals surface area contributed by atoms with E-state index in [2.05, 4.69) is 10.6 Å². The first-order valence-corrected chi connectivity index (χ1v) is 8.55. The molecular formula is C20H25FN2O3. The minimum absolute atomic E-state index is 0.00748. The summed E-state index contributed by atoms with van der Waals surface area (Å²) in [5, 5.41) is 6.11. The van der Waals surface area contributed by atoms with E-state index in [1.165, 1.54) is 12.1 Å². The largest absolute Gasteiger partial charge is 0.493 e. The standard InChI is InChI=1S/C20H25FN2O3/c1-25-18-8-5-16(13-19(18)26-2)14-22-11-10-20(24)23-12-9-15-3-6-17(21)7-4-15/h3-8,13,22H,9-12,14H2,1-2H3,(H,23,24). The lowest BCUT2D eigenvalue weighted by Crippen LogP contribution is -2.29. The van der Waals surface area contributed by atoms with Crippen LogP contribution in [0.1, 0.15) is 17.5 Å². The van der Waals surface area contributed by atoms with Crippen molar-refractivity contribution in [1.82, 2.24) is 10.6 Å². The van der Waals surface area contributed by atoms with Crippen LogP contribution in [0.25, 0.3) is 0 Å². The Hall–Kier alpha value is -2.60. The van der Waals surface area contributed by atoms with E-state index in [4.69, 9.17) is 9.47 Å². The fourth-order valence-corrected chi connectivity index (χ4v) is 2.51. The summed E-state index contributed by atoms with van der Waals surface area (Å²) in [6.45, 7) is 1.76. The van der Waals surface area contributed by atoms with Crippen molar-refractivity contribution in [1.29, 1.82) is 0 Å². The molecule has 140 valence electrons. The average molecular weight is 360 g/mol. The molecule has 2 aromatic rings. The maximum Gasteiger partial charge on any atom is 0.221 e. The third-order valence-corrected chi connectivity index (χ3v) is 3.96. The van der Waals surface area contributed by atoms with Crippen LogP contribution in [0.5, 0.6) is 11.5 Å². The molecule has 0 unspecified atom stereocenters. The van der Waals surface area contributed by atoms with E-state index < -0.39 is 0 Å². The first-order chi connectivity index (χ1) is 12.6. The van der Waals surface area contributed by atoms with Crippen LogP contribution in [0.3, 0.4) is 0 Å². The second-order valence-electron chi connectivity index (χ2n) is 5.84. The lowest BCUT2D eigenvalue weighted by Gasteiger charge is -2.10. The van der Waals surface area contributed by atoms with Crippen LogP contribution in [0.15, 0.2) is 42.5 Å². The van der Waals surface area contributed by atoms with Crippen LogP contribution in [-0.4, -0.2) is 33.2 Å². The number of rotatable bonds is 10. The zero-order valence-corrected chi connectivity index (χ0v) is 15.2. The van der Waals surface area contributed by atoms with Crippen molar-refractivity contribution in [3.8, 4) is 11.5 Å². The van der Waals surface area contributed by atoms with Crippen LogP contribution in [0, 0.1) is 5.82 Å². The van der Waals surface area contributed by atoms with E-state index in [-0.39, 0.29) is 11.7 Å². The van der Waals surface area contributed by atoms with Gasteiger partial charge in [0.1, 0.15) is 5.82 Å². The Kier molecular flexibility index (Phi) is 7.89. The molecule has 1 amide bonds. The van der Waals surface area contributed by atoms with Crippen molar-refractivity contribution in [2.75, 3.05) is 27.3 Å².